The smallest absolute Gasteiger partial charge is 0.255 e. The van der Waals surface area contributed by atoms with Crippen molar-refractivity contribution in [1.29, 1.82) is 0 Å². The Morgan fingerprint density at radius 2 is 1.86 bits per heavy atom. The van der Waals surface area contributed by atoms with E-state index in [2.05, 4.69) is 15.6 Å². The molecule has 0 aliphatic carbocycles. The van der Waals surface area contributed by atoms with Crippen LogP contribution in [0.25, 0.3) is 11.0 Å². The number of para-hydroxylation sites is 1. The van der Waals surface area contributed by atoms with Gasteiger partial charge in [-0.05, 0) is 56.5 Å². The fourth-order valence-corrected chi connectivity index (χ4v) is 3.59. The number of hydrogen-bond acceptors (Lipinski definition) is 4. The Morgan fingerprint density at radius 3 is 2.64 bits per heavy atom. The summed E-state index contributed by atoms with van der Waals surface area (Å²) in [5.74, 6) is -0.302. The lowest BCUT2D eigenvalue weighted by Gasteiger charge is -2.27. The summed E-state index contributed by atoms with van der Waals surface area (Å²) in [6.07, 6.45) is 3.21. The van der Waals surface area contributed by atoms with Crippen LogP contribution in [-0.2, 0) is 6.54 Å². The van der Waals surface area contributed by atoms with Crippen LogP contribution in [0.15, 0.2) is 42.5 Å². The molecule has 144 valence electrons. The number of rotatable bonds is 4. The highest BCUT2D eigenvalue weighted by Crippen LogP contribution is 2.21. The molecule has 4 rings (SSSR count). The van der Waals surface area contributed by atoms with Gasteiger partial charge in [-0.15, -0.1) is 5.10 Å². The molecule has 1 N–H and O–H groups in total. The summed E-state index contributed by atoms with van der Waals surface area (Å²) in [6, 6.07) is 12.5. The summed E-state index contributed by atoms with van der Waals surface area (Å²) in [5, 5.41) is 11.1. The number of nitrogens with zero attached hydrogens (tertiary/aromatic N) is 4. The Balaban J connectivity index is 1.57. The lowest BCUT2D eigenvalue weighted by atomic mass is 10.1. The van der Waals surface area contributed by atoms with Crippen LogP contribution < -0.4 is 5.32 Å². The molecule has 2 heterocycles. The zero-order valence-electron chi connectivity index (χ0n) is 15.9. The highest BCUT2D eigenvalue weighted by molar-refractivity contribution is 6.09. The van der Waals surface area contributed by atoms with E-state index in [1.54, 1.807) is 28.9 Å². The number of anilines is 1. The summed E-state index contributed by atoms with van der Waals surface area (Å²) >= 11 is 0. The van der Waals surface area contributed by atoms with Gasteiger partial charge in [0.15, 0.2) is 0 Å². The van der Waals surface area contributed by atoms with E-state index >= 15 is 0 Å². The lowest BCUT2D eigenvalue weighted by Crippen LogP contribution is -2.36. The molecule has 1 aliphatic heterocycles. The van der Waals surface area contributed by atoms with Gasteiger partial charge >= 0.3 is 0 Å². The van der Waals surface area contributed by atoms with Gasteiger partial charge in [0.05, 0.1) is 16.8 Å². The largest absolute Gasteiger partial charge is 0.339 e. The quantitative estimate of drug-likeness (QED) is 0.756. The standard InChI is InChI=1S/C21H23N5O2/c1-2-26-19-11-10-15(14-18(19)23-24-26)20(27)22-17-9-5-4-8-16(17)21(28)25-12-6-3-7-13-25/h4-5,8-11,14H,2-3,6-7,12-13H2,1H3,(H,22,27). The van der Waals surface area contributed by atoms with E-state index in [-0.39, 0.29) is 11.8 Å². The molecule has 0 saturated carbocycles. The first-order valence-corrected chi connectivity index (χ1v) is 9.70. The van der Waals surface area contributed by atoms with Crippen LogP contribution in [0.5, 0.6) is 0 Å². The summed E-state index contributed by atoms with van der Waals surface area (Å²) < 4.78 is 1.78. The number of hydrogen-bond donors (Lipinski definition) is 1. The van der Waals surface area contributed by atoms with Gasteiger partial charge in [-0.3, -0.25) is 9.59 Å². The number of amides is 2. The molecule has 0 unspecified atom stereocenters. The maximum Gasteiger partial charge on any atom is 0.255 e. The summed E-state index contributed by atoms with van der Waals surface area (Å²) in [4.78, 5) is 27.6. The number of nitrogens with one attached hydrogen (secondary N) is 1. The second-order valence-electron chi connectivity index (χ2n) is 6.96. The van der Waals surface area contributed by atoms with E-state index < -0.39 is 0 Å². The summed E-state index contributed by atoms with van der Waals surface area (Å²) in [5.41, 5.74) is 3.10. The molecule has 1 aliphatic rings. The third-order valence-electron chi connectivity index (χ3n) is 5.12. The van der Waals surface area contributed by atoms with Crippen LogP contribution >= 0.6 is 0 Å². The summed E-state index contributed by atoms with van der Waals surface area (Å²) in [7, 11) is 0. The number of benzene rings is 2. The van der Waals surface area contributed by atoms with E-state index in [9.17, 15) is 9.59 Å². The highest BCUT2D eigenvalue weighted by Gasteiger charge is 2.21. The molecule has 0 spiro atoms. The molecule has 28 heavy (non-hydrogen) atoms. The number of carbonyl (C=O) groups is 2. The molecule has 1 saturated heterocycles. The Bertz CT molecular complexity index is 1020. The Morgan fingerprint density at radius 1 is 1.07 bits per heavy atom. The highest BCUT2D eigenvalue weighted by atomic mass is 16.2. The minimum Gasteiger partial charge on any atom is -0.339 e. The second kappa shape index (κ2) is 7.80. The fourth-order valence-electron chi connectivity index (χ4n) is 3.59. The Kier molecular flexibility index (Phi) is 5.06. The number of carbonyl (C=O) groups excluding carboxylic acids is 2. The average Bonchev–Trinajstić information content (AvgIpc) is 3.16. The van der Waals surface area contributed by atoms with Gasteiger partial charge in [-0.2, -0.15) is 0 Å². The maximum absolute atomic E-state index is 12.9. The van der Waals surface area contributed by atoms with Crippen molar-refractivity contribution in [2.45, 2.75) is 32.7 Å². The van der Waals surface area contributed by atoms with Gasteiger partial charge < -0.3 is 10.2 Å². The van der Waals surface area contributed by atoms with Crippen LogP contribution in [0.1, 0.15) is 46.9 Å². The van der Waals surface area contributed by atoms with Gasteiger partial charge in [0, 0.05) is 25.2 Å². The third kappa shape index (κ3) is 3.47. The molecule has 2 aromatic carbocycles. The number of likely N-dealkylation sites (tertiary alicyclic amines) is 1. The van der Waals surface area contributed by atoms with Gasteiger partial charge in [0.2, 0.25) is 0 Å². The topological polar surface area (TPSA) is 80.1 Å². The minimum atomic E-state index is -0.271. The van der Waals surface area contributed by atoms with Crippen molar-refractivity contribution < 1.29 is 9.59 Å². The average molecular weight is 377 g/mol. The third-order valence-corrected chi connectivity index (χ3v) is 5.12. The first kappa shape index (κ1) is 18.2. The maximum atomic E-state index is 12.9. The van der Waals surface area contributed by atoms with Crippen molar-refractivity contribution in [2.24, 2.45) is 0 Å². The zero-order valence-corrected chi connectivity index (χ0v) is 15.9. The van der Waals surface area contributed by atoms with Crippen molar-refractivity contribution in [3.8, 4) is 0 Å². The molecular formula is C21H23N5O2. The number of fused-ring (bicyclic) bond motifs is 1. The molecule has 0 bridgehead atoms. The van der Waals surface area contributed by atoms with Crippen molar-refractivity contribution in [3.05, 3.63) is 53.6 Å². The van der Waals surface area contributed by atoms with Crippen molar-refractivity contribution in [3.63, 3.8) is 0 Å². The molecule has 3 aromatic rings. The molecule has 7 heteroatoms. The fraction of sp³-hybridized carbons (Fsp3) is 0.333. The molecule has 7 nitrogen and oxygen atoms in total. The second-order valence-corrected chi connectivity index (χ2v) is 6.96. The SMILES string of the molecule is CCn1nnc2cc(C(=O)Nc3ccccc3C(=O)N3CCCCC3)ccc21. The molecular weight excluding hydrogens is 354 g/mol. The van der Waals surface area contributed by atoms with E-state index in [1.165, 1.54) is 0 Å². The van der Waals surface area contributed by atoms with Crippen LogP contribution in [0.4, 0.5) is 5.69 Å². The number of aryl methyl sites for hydroxylation is 1. The first-order valence-electron chi connectivity index (χ1n) is 9.70. The van der Waals surface area contributed by atoms with Gasteiger partial charge in [0.1, 0.15) is 5.52 Å². The van der Waals surface area contributed by atoms with E-state index in [0.29, 0.717) is 28.9 Å². The van der Waals surface area contributed by atoms with Gasteiger partial charge in [-0.1, -0.05) is 17.3 Å². The first-order chi connectivity index (χ1) is 13.7. The minimum absolute atomic E-state index is 0.0306. The van der Waals surface area contributed by atoms with Crippen LogP contribution in [0.3, 0.4) is 0 Å². The molecule has 1 aromatic heterocycles. The van der Waals surface area contributed by atoms with Crippen LogP contribution in [-0.4, -0.2) is 44.8 Å². The van der Waals surface area contributed by atoms with E-state index in [1.807, 2.05) is 30.0 Å². The van der Waals surface area contributed by atoms with Crippen molar-refractivity contribution >= 4 is 28.5 Å². The van der Waals surface area contributed by atoms with Gasteiger partial charge in [-0.25, -0.2) is 4.68 Å². The predicted octanol–water partition coefficient (Wildman–Crippen LogP) is 3.33. The lowest BCUT2D eigenvalue weighted by molar-refractivity contribution is 0.0725. The molecule has 2 amide bonds. The molecule has 0 radical (unpaired) electrons. The normalized spacial score (nSPS) is 14.2. The molecule has 0 atom stereocenters. The summed E-state index contributed by atoms with van der Waals surface area (Å²) in [6.45, 7) is 4.24. The van der Waals surface area contributed by atoms with E-state index in [4.69, 9.17) is 0 Å². The van der Waals surface area contributed by atoms with Crippen molar-refractivity contribution in [2.75, 3.05) is 18.4 Å². The zero-order chi connectivity index (χ0) is 19.5. The van der Waals surface area contributed by atoms with Gasteiger partial charge in [0.25, 0.3) is 11.8 Å². The monoisotopic (exact) mass is 377 g/mol. The molecule has 1 fully saturated rings. The number of aromatic nitrogens is 3. The van der Waals surface area contributed by atoms with Crippen LogP contribution in [0, 0.1) is 0 Å². The predicted molar refractivity (Wildman–Crippen MR) is 107 cm³/mol. The van der Waals surface area contributed by atoms with Crippen molar-refractivity contribution in [1.82, 2.24) is 19.9 Å². The Hall–Kier alpha value is -3.22. The number of piperidine rings is 1. The van der Waals surface area contributed by atoms with Crippen LogP contribution in [0.2, 0.25) is 0 Å². The van der Waals surface area contributed by atoms with E-state index in [0.717, 1.165) is 37.9 Å². The Labute approximate surface area is 163 Å².